The molecule has 186 valence electrons. The van der Waals surface area contributed by atoms with Gasteiger partial charge in [0.05, 0.1) is 12.3 Å². The Morgan fingerprint density at radius 3 is 2.51 bits per heavy atom. The number of benzene rings is 1. The molecule has 0 spiro atoms. The van der Waals surface area contributed by atoms with Gasteiger partial charge in [-0.1, -0.05) is 6.07 Å². The Morgan fingerprint density at radius 2 is 1.83 bits per heavy atom. The Bertz CT molecular complexity index is 1210. The van der Waals surface area contributed by atoms with E-state index in [1.54, 1.807) is 6.20 Å². The van der Waals surface area contributed by atoms with E-state index in [0.717, 1.165) is 19.3 Å². The highest BCUT2D eigenvalue weighted by molar-refractivity contribution is 5.78. The Kier molecular flexibility index (Phi) is 6.50. The number of aliphatic hydroxyl groups is 1. The van der Waals surface area contributed by atoms with Gasteiger partial charge in [-0.05, 0) is 63.5 Å². The summed E-state index contributed by atoms with van der Waals surface area (Å²) in [6.07, 6.45) is 7.01. The number of nitrogens with two attached hydrogens (primary N) is 1. The van der Waals surface area contributed by atoms with Crippen LogP contribution in [0.25, 0.3) is 11.2 Å². The molecule has 1 amide bonds. The molecule has 2 saturated carbocycles. The van der Waals surface area contributed by atoms with Crippen LogP contribution in [-0.4, -0.2) is 42.7 Å². The number of carbonyl (C=O) groups excluding carboxylic acids is 1. The minimum Gasteiger partial charge on any atom is -0.393 e. The van der Waals surface area contributed by atoms with Crippen molar-refractivity contribution >= 4 is 34.7 Å². The first-order chi connectivity index (χ1) is 16.9. The predicted octanol–water partition coefficient (Wildman–Crippen LogP) is 3.78. The molecule has 5 rings (SSSR count). The third-order valence-electron chi connectivity index (χ3n) is 7.08. The third-order valence-corrected chi connectivity index (χ3v) is 7.08. The molecule has 35 heavy (non-hydrogen) atoms. The van der Waals surface area contributed by atoms with Crippen LogP contribution in [0.5, 0.6) is 0 Å². The Hall–Kier alpha value is -3.34. The van der Waals surface area contributed by atoms with Gasteiger partial charge in [-0.15, -0.1) is 0 Å². The largest absolute Gasteiger partial charge is 0.393 e. The summed E-state index contributed by atoms with van der Waals surface area (Å²) in [7, 11) is 0. The molecule has 3 aromatic rings. The first kappa shape index (κ1) is 23.4. The van der Waals surface area contributed by atoms with Crippen molar-refractivity contribution < 1.29 is 18.7 Å². The number of nitrogens with zero attached hydrogens (tertiary/aromatic N) is 4. The molecule has 9 nitrogen and oxygen atoms in total. The number of nitrogens with one attached hydrogen (secondary N) is 2. The van der Waals surface area contributed by atoms with Crippen molar-refractivity contribution in [2.75, 3.05) is 10.6 Å². The van der Waals surface area contributed by atoms with Gasteiger partial charge in [-0.2, -0.15) is 4.98 Å². The minimum absolute atomic E-state index is 0.0590. The molecule has 0 bridgehead atoms. The van der Waals surface area contributed by atoms with Crippen LogP contribution in [-0.2, 0) is 4.79 Å². The number of carbonyl (C=O) groups is 1. The molecule has 2 aromatic heterocycles. The van der Waals surface area contributed by atoms with Gasteiger partial charge in [0.15, 0.2) is 5.65 Å². The number of fused-ring (bicyclic) bond motifs is 1. The van der Waals surface area contributed by atoms with Crippen molar-refractivity contribution in [2.24, 2.45) is 11.7 Å². The fourth-order valence-electron chi connectivity index (χ4n) is 5.22. The lowest BCUT2D eigenvalue weighted by Crippen LogP contribution is -2.30. The van der Waals surface area contributed by atoms with Gasteiger partial charge in [-0.25, -0.2) is 18.7 Å². The van der Waals surface area contributed by atoms with E-state index in [4.69, 9.17) is 10.7 Å². The Labute approximate surface area is 201 Å². The molecule has 2 aliphatic rings. The summed E-state index contributed by atoms with van der Waals surface area (Å²) in [5, 5.41) is 16.1. The molecule has 2 atom stereocenters. The average Bonchev–Trinajstić information content (AvgIpc) is 3.19. The number of hydrogen-bond acceptors (Lipinski definition) is 7. The highest BCUT2D eigenvalue weighted by atomic mass is 19.1. The standard InChI is InChI=1S/C24H29F2N7O2/c25-17-5-2-6-18(26)20(17)31-24-30-19-12-28-23(29-14-3-1-4-16(34)11-14)32-22(19)33(24)15-9-7-13(8-10-15)21(27)35/h2,5-6,12-16,34H,1,3-4,7-11H2,(H2,27,35)(H,30,31)(H,28,29,32)/t13?,14-,15?,16-/m1/s1. The second-order valence-electron chi connectivity index (χ2n) is 9.50. The van der Waals surface area contributed by atoms with E-state index in [-0.39, 0.29) is 41.6 Å². The molecule has 5 N–H and O–H groups in total. The van der Waals surface area contributed by atoms with Gasteiger partial charge in [-0.3, -0.25) is 9.36 Å². The second-order valence-corrected chi connectivity index (χ2v) is 9.50. The van der Waals surface area contributed by atoms with Gasteiger partial charge in [0.2, 0.25) is 17.8 Å². The van der Waals surface area contributed by atoms with Crippen LogP contribution >= 0.6 is 0 Å². The summed E-state index contributed by atoms with van der Waals surface area (Å²) >= 11 is 0. The van der Waals surface area contributed by atoms with Crippen LogP contribution < -0.4 is 16.4 Å². The van der Waals surface area contributed by atoms with Crippen molar-refractivity contribution in [2.45, 2.75) is 69.6 Å². The lowest BCUT2D eigenvalue weighted by atomic mass is 9.85. The van der Waals surface area contributed by atoms with Crippen molar-refractivity contribution in [3.8, 4) is 0 Å². The summed E-state index contributed by atoms with van der Waals surface area (Å²) < 4.78 is 30.7. The molecule has 2 heterocycles. The molecule has 0 aliphatic heterocycles. The summed E-state index contributed by atoms with van der Waals surface area (Å²) in [5.74, 6) is -1.30. The lowest BCUT2D eigenvalue weighted by Gasteiger charge is -2.29. The number of primary amides is 1. The minimum atomic E-state index is -0.731. The van der Waals surface area contributed by atoms with Crippen molar-refractivity contribution in [1.82, 2.24) is 19.5 Å². The monoisotopic (exact) mass is 485 g/mol. The third kappa shape index (κ3) is 4.90. The lowest BCUT2D eigenvalue weighted by molar-refractivity contribution is -0.122. The first-order valence-electron chi connectivity index (χ1n) is 12.1. The quantitative estimate of drug-likeness (QED) is 0.418. The van der Waals surface area contributed by atoms with Gasteiger partial charge in [0.25, 0.3) is 0 Å². The summed E-state index contributed by atoms with van der Waals surface area (Å²) in [4.78, 5) is 25.3. The number of aliphatic hydroxyl groups excluding tert-OH is 1. The van der Waals surface area contributed by atoms with E-state index in [1.165, 1.54) is 18.2 Å². The van der Waals surface area contributed by atoms with E-state index in [1.807, 2.05) is 4.57 Å². The van der Waals surface area contributed by atoms with Crippen molar-refractivity contribution in [3.05, 3.63) is 36.0 Å². The predicted molar refractivity (Wildman–Crippen MR) is 127 cm³/mol. The molecule has 0 saturated heterocycles. The van der Waals surface area contributed by atoms with Crippen LogP contribution in [0.3, 0.4) is 0 Å². The van der Waals surface area contributed by atoms with Crippen LogP contribution in [0.4, 0.5) is 26.4 Å². The highest BCUT2D eigenvalue weighted by Crippen LogP contribution is 2.37. The first-order valence-corrected chi connectivity index (χ1v) is 12.1. The molecular weight excluding hydrogens is 456 g/mol. The van der Waals surface area contributed by atoms with E-state index >= 15 is 0 Å². The Morgan fingerprint density at radius 1 is 1.09 bits per heavy atom. The fraction of sp³-hybridized carbons (Fsp3) is 0.500. The molecular formula is C24H29F2N7O2. The molecule has 11 heteroatoms. The SMILES string of the molecule is NC(=O)C1CCC(n2c(Nc3c(F)cccc3F)nc3cnc(N[C@@H]4CCC[C@@H](O)C4)nc32)CC1. The van der Waals surface area contributed by atoms with E-state index in [0.29, 0.717) is 49.2 Å². The van der Waals surface area contributed by atoms with Crippen LogP contribution in [0.1, 0.15) is 57.4 Å². The number of amides is 1. The number of aromatic nitrogens is 4. The average molecular weight is 486 g/mol. The summed E-state index contributed by atoms with van der Waals surface area (Å²) in [5.41, 5.74) is 6.22. The van der Waals surface area contributed by atoms with Crippen molar-refractivity contribution in [3.63, 3.8) is 0 Å². The summed E-state index contributed by atoms with van der Waals surface area (Å²) in [6, 6.07) is 3.62. The molecule has 2 fully saturated rings. The number of rotatable bonds is 6. The molecule has 0 radical (unpaired) electrons. The molecule has 0 unspecified atom stereocenters. The number of imidazole rings is 1. The number of hydrogen-bond donors (Lipinski definition) is 4. The smallest absolute Gasteiger partial charge is 0.224 e. The maximum absolute atomic E-state index is 14.4. The highest BCUT2D eigenvalue weighted by Gasteiger charge is 2.30. The van der Waals surface area contributed by atoms with E-state index in [2.05, 4.69) is 20.6 Å². The van der Waals surface area contributed by atoms with E-state index in [9.17, 15) is 18.7 Å². The van der Waals surface area contributed by atoms with Gasteiger partial charge in [0.1, 0.15) is 22.8 Å². The molecule has 1 aromatic carbocycles. The number of para-hydroxylation sites is 1. The summed E-state index contributed by atoms with van der Waals surface area (Å²) in [6.45, 7) is 0. The maximum Gasteiger partial charge on any atom is 0.224 e. The van der Waals surface area contributed by atoms with Gasteiger partial charge in [0, 0.05) is 18.0 Å². The van der Waals surface area contributed by atoms with Crippen molar-refractivity contribution in [1.29, 1.82) is 0 Å². The Balaban J connectivity index is 1.51. The fourth-order valence-corrected chi connectivity index (χ4v) is 5.22. The van der Waals surface area contributed by atoms with Gasteiger partial charge < -0.3 is 21.5 Å². The zero-order valence-electron chi connectivity index (χ0n) is 19.3. The topological polar surface area (TPSA) is 131 Å². The second kappa shape index (κ2) is 9.73. The zero-order valence-corrected chi connectivity index (χ0v) is 19.3. The zero-order chi connectivity index (χ0) is 24.5. The van der Waals surface area contributed by atoms with Crippen LogP contribution in [0, 0.1) is 17.6 Å². The maximum atomic E-state index is 14.4. The molecule has 2 aliphatic carbocycles. The van der Waals surface area contributed by atoms with E-state index < -0.39 is 11.6 Å². The van der Waals surface area contributed by atoms with Gasteiger partial charge >= 0.3 is 0 Å². The van der Waals surface area contributed by atoms with Crippen LogP contribution in [0.15, 0.2) is 24.4 Å². The normalized spacial score (nSPS) is 24.9. The number of anilines is 3. The van der Waals surface area contributed by atoms with Crippen LogP contribution in [0.2, 0.25) is 0 Å². The number of halogens is 2.